The SMILES string of the molecule is CC(NC(=O)CC1(N)CCCC1)c1ccc(Cl)s1. The number of nitrogens with two attached hydrogens (primary N) is 1. The number of amides is 1. The number of hydrogen-bond donors (Lipinski definition) is 2. The van der Waals surface area contributed by atoms with E-state index in [0.29, 0.717) is 6.42 Å². The van der Waals surface area contributed by atoms with Gasteiger partial charge in [-0.2, -0.15) is 0 Å². The molecular formula is C13H19ClN2OS. The molecule has 0 bridgehead atoms. The highest BCUT2D eigenvalue weighted by Gasteiger charge is 2.32. The van der Waals surface area contributed by atoms with Crippen molar-refractivity contribution in [3.8, 4) is 0 Å². The molecule has 100 valence electrons. The van der Waals surface area contributed by atoms with Crippen LogP contribution in [-0.4, -0.2) is 11.4 Å². The van der Waals surface area contributed by atoms with E-state index in [1.165, 1.54) is 11.3 Å². The van der Waals surface area contributed by atoms with Crippen molar-refractivity contribution in [3.63, 3.8) is 0 Å². The maximum Gasteiger partial charge on any atom is 0.222 e. The fraction of sp³-hybridized carbons (Fsp3) is 0.615. The lowest BCUT2D eigenvalue weighted by Crippen LogP contribution is -2.42. The molecule has 0 saturated heterocycles. The van der Waals surface area contributed by atoms with Crippen molar-refractivity contribution in [2.75, 3.05) is 0 Å². The second kappa shape index (κ2) is 5.59. The van der Waals surface area contributed by atoms with Crippen LogP contribution in [-0.2, 0) is 4.79 Å². The average Bonchev–Trinajstić information content (AvgIpc) is 2.87. The minimum atomic E-state index is -0.281. The molecular weight excluding hydrogens is 268 g/mol. The van der Waals surface area contributed by atoms with Crippen molar-refractivity contribution in [2.45, 2.75) is 50.6 Å². The summed E-state index contributed by atoms with van der Waals surface area (Å²) in [5.41, 5.74) is 5.92. The van der Waals surface area contributed by atoms with Crippen LogP contribution in [0.25, 0.3) is 0 Å². The molecule has 1 aliphatic rings. The van der Waals surface area contributed by atoms with E-state index >= 15 is 0 Å². The predicted molar refractivity (Wildman–Crippen MR) is 75.9 cm³/mol. The first kappa shape index (κ1) is 13.8. The standard InChI is InChI=1S/C13H19ClN2OS/c1-9(10-4-5-11(14)18-10)16-12(17)8-13(15)6-2-3-7-13/h4-5,9H,2-3,6-8,15H2,1H3,(H,16,17). The van der Waals surface area contributed by atoms with Gasteiger partial charge in [-0.1, -0.05) is 24.4 Å². The molecule has 1 heterocycles. The third-order valence-corrected chi connectivity index (χ3v) is 4.92. The summed E-state index contributed by atoms with van der Waals surface area (Å²) in [6.45, 7) is 1.97. The molecule has 3 nitrogen and oxygen atoms in total. The van der Waals surface area contributed by atoms with Gasteiger partial charge in [-0.15, -0.1) is 11.3 Å². The molecule has 3 N–H and O–H groups in total. The van der Waals surface area contributed by atoms with Gasteiger partial charge in [0, 0.05) is 16.8 Å². The quantitative estimate of drug-likeness (QED) is 0.893. The zero-order valence-electron chi connectivity index (χ0n) is 10.5. The Hall–Kier alpha value is -0.580. The Balaban J connectivity index is 1.87. The largest absolute Gasteiger partial charge is 0.349 e. The van der Waals surface area contributed by atoms with Gasteiger partial charge in [0.15, 0.2) is 0 Å². The maximum absolute atomic E-state index is 12.0. The fourth-order valence-corrected chi connectivity index (χ4v) is 3.56. The van der Waals surface area contributed by atoms with E-state index in [4.69, 9.17) is 17.3 Å². The van der Waals surface area contributed by atoms with Crippen LogP contribution in [0, 0.1) is 0 Å². The van der Waals surface area contributed by atoms with Crippen LogP contribution in [0.2, 0.25) is 4.34 Å². The van der Waals surface area contributed by atoms with Crippen LogP contribution in [0.4, 0.5) is 0 Å². The molecule has 0 radical (unpaired) electrons. The van der Waals surface area contributed by atoms with Crippen LogP contribution in [0.5, 0.6) is 0 Å². The summed E-state index contributed by atoms with van der Waals surface area (Å²) in [5.74, 6) is 0.0384. The van der Waals surface area contributed by atoms with Crippen LogP contribution >= 0.6 is 22.9 Å². The summed E-state index contributed by atoms with van der Waals surface area (Å²) in [4.78, 5) is 13.1. The second-order valence-corrected chi connectivity index (χ2v) is 6.92. The Morgan fingerprint density at radius 3 is 2.78 bits per heavy atom. The third kappa shape index (κ3) is 3.46. The molecule has 18 heavy (non-hydrogen) atoms. The molecule has 1 unspecified atom stereocenters. The Morgan fingerprint density at radius 2 is 2.22 bits per heavy atom. The first-order chi connectivity index (χ1) is 8.48. The third-order valence-electron chi connectivity index (χ3n) is 3.51. The van der Waals surface area contributed by atoms with E-state index in [9.17, 15) is 4.79 Å². The first-order valence-corrected chi connectivity index (χ1v) is 7.51. The fourth-order valence-electron chi connectivity index (χ4n) is 2.50. The lowest BCUT2D eigenvalue weighted by atomic mass is 9.94. The lowest BCUT2D eigenvalue weighted by Gasteiger charge is -2.23. The Morgan fingerprint density at radius 1 is 1.56 bits per heavy atom. The van der Waals surface area contributed by atoms with Gasteiger partial charge < -0.3 is 11.1 Å². The highest BCUT2D eigenvalue weighted by atomic mass is 35.5. The van der Waals surface area contributed by atoms with Gasteiger partial charge in [-0.05, 0) is 31.9 Å². The van der Waals surface area contributed by atoms with E-state index in [1.807, 2.05) is 19.1 Å². The summed E-state index contributed by atoms with van der Waals surface area (Å²) in [5, 5.41) is 2.99. The lowest BCUT2D eigenvalue weighted by molar-refractivity contribution is -0.122. The highest BCUT2D eigenvalue weighted by molar-refractivity contribution is 7.16. The van der Waals surface area contributed by atoms with E-state index in [-0.39, 0.29) is 17.5 Å². The van der Waals surface area contributed by atoms with Crippen LogP contribution < -0.4 is 11.1 Å². The number of hydrogen-bond acceptors (Lipinski definition) is 3. The van der Waals surface area contributed by atoms with Crippen LogP contribution in [0.3, 0.4) is 0 Å². The molecule has 0 aromatic carbocycles. The number of nitrogens with one attached hydrogen (secondary N) is 1. The van der Waals surface area contributed by atoms with Gasteiger partial charge >= 0.3 is 0 Å². The maximum atomic E-state index is 12.0. The Labute approximate surface area is 117 Å². The smallest absolute Gasteiger partial charge is 0.222 e. The van der Waals surface area contributed by atoms with Gasteiger partial charge in [-0.3, -0.25) is 4.79 Å². The van der Waals surface area contributed by atoms with Gasteiger partial charge in [0.05, 0.1) is 10.4 Å². The zero-order valence-corrected chi connectivity index (χ0v) is 12.1. The minimum absolute atomic E-state index is 0.00000283. The van der Waals surface area contributed by atoms with Gasteiger partial charge in [0.25, 0.3) is 0 Å². The zero-order chi connectivity index (χ0) is 13.2. The highest BCUT2D eigenvalue weighted by Crippen LogP contribution is 2.31. The summed E-state index contributed by atoms with van der Waals surface area (Å²) >= 11 is 7.39. The topological polar surface area (TPSA) is 55.1 Å². The van der Waals surface area contributed by atoms with E-state index in [2.05, 4.69) is 5.32 Å². The van der Waals surface area contributed by atoms with Crippen molar-refractivity contribution < 1.29 is 4.79 Å². The Kier molecular flexibility index (Phi) is 4.30. The second-order valence-electron chi connectivity index (χ2n) is 5.18. The number of carbonyl (C=O) groups excluding carboxylic acids is 1. The number of rotatable bonds is 4. The molecule has 5 heteroatoms. The first-order valence-electron chi connectivity index (χ1n) is 6.32. The molecule has 1 fully saturated rings. The van der Waals surface area contributed by atoms with E-state index in [0.717, 1.165) is 34.9 Å². The van der Waals surface area contributed by atoms with E-state index < -0.39 is 0 Å². The summed E-state index contributed by atoms with van der Waals surface area (Å²) in [6, 6.07) is 3.80. The summed E-state index contributed by atoms with van der Waals surface area (Å²) in [6.07, 6.45) is 4.62. The summed E-state index contributed by atoms with van der Waals surface area (Å²) < 4.78 is 0.747. The minimum Gasteiger partial charge on any atom is -0.349 e. The van der Waals surface area contributed by atoms with Crippen molar-refractivity contribution in [1.29, 1.82) is 0 Å². The molecule has 0 spiro atoms. The van der Waals surface area contributed by atoms with E-state index in [1.54, 1.807) is 0 Å². The van der Waals surface area contributed by atoms with Gasteiger partial charge in [-0.25, -0.2) is 0 Å². The Bertz CT molecular complexity index is 426. The molecule has 2 rings (SSSR count). The predicted octanol–water partition coefficient (Wildman–Crippen LogP) is 3.24. The van der Waals surface area contributed by atoms with Crippen LogP contribution in [0.1, 0.15) is 49.9 Å². The number of halogens is 1. The van der Waals surface area contributed by atoms with Crippen molar-refractivity contribution in [2.24, 2.45) is 5.73 Å². The number of carbonyl (C=O) groups is 1. The van der Waals surface area contributed by atoms with Crippen LogP contribution in [0.15, 0.2) is 12.1 Å². The molecule has 1 aliphatic carbocycles. The van der Waals surface area contributed by atoms with Crippen molar-refractivity contribution in [1.82, 2.24) is 5.32 Å². The van der Waals surface area contributed by atoms with Gasteiger partial charge in [0.1, 0.15) is 0 Å². The normalized spacial score (nSPS) is 19.7. The molecule has 1 amide bonds. The molecule has 1 aromatic rings. The van der Waals surface area contributed by atoms with Crippen molar-refractivity contribution >= 4 is 28.8 Å². The molecule has 1 aromatic heterocycles. The van der Waals surface area contributed by atoms with Crippen molar-refractivity contribution in [3.05, 3.63) is 21.3 Å². The monoisotopic (exact) mass is 286 g/mol. The molecule has 0 aliphatic heterocycles. The average molecular weight is 287 g/mol. The summed E-state index contributed by atoms with van der Waals surface area (Å²) in [7, 11) is 0. The number of thiophene rings is 1. The molecule has 1 atom stereocenters. The molecule has 1 saturated carbocycles. The van der Waals surface area contributed by atoms with Gasteiger partial charge in [0.2, 0.25) is 5.91 Å².